The zero-order valence-corrected chi connectivity index (χ0v) is 14.5. The van der Waals surface area contributed by atoms with E-state index in [1.807, 2.05) is 45.2 Å². The third kappa shape index (κ3) is 5.70. The molecule has 0 fully saturated rings. The number of alkyl carbamates (subject to hydrolysis) is 1. The SMILES string of the molecule is CC(C)(C)OC(=O)NCCn1cc(-c2cccc(CCO)c2)cn1. The molecule has 0 radical (unpaired) electrons. The molecule has 0 aliphatic carbocycles. The number of carbonyl (C=O) groups excluding carboxylic acids is 1. The highest BCUT2D eigenvalue weighted by Gasteiger charge is 2.15. The maximum Gasteiger partial charge on any atom is 0.407 e. The minimum atomic E-state index is -0.497. The molecular formula is C18H25N3O3. The first-order valence-corrected chi connectivity index (χ1v) is 8.07. The summed E-state index contributed by atoms with van der Waals surface area (Å²) in [5, 5.41) is 16.1. The summed E-state index contributed by atoms with van der Waals surface area (Å²) in [6, 6.07) is 8.04. The molecule has 2 rings (SSSR count). The number of aliphatic hydroxyl groups is 1. The molecule has 0 unspecified atom stereocenters. The van der Waals surface area contributed by atoms with Gasteiger partial charge in [-0.05, 0) is 38.3 Å². The first-order chi connectivity index (χ1) is 11.4. The zero-order chi connectivity index (χ0) is 17.6. The van der Waals surface area contributed by atoms with Crippen molar-refractivity contribution in [1.29, 1.82) is 0 Å². The summed E-state index contributed by atoms with van der Waals surface area (Å²) < 4.78 is 6.97. The predicted octanol–water partition coefficient (Wildman–Crippen LogP) is 2.61. The van der Waals surface area contributed by atoms with Crippen LogP contribution in [-0.4, -0.2) is 39.7 Å². The molecule has 0 atom stereocenters. The number of hydrogen-bond acceptors (Lipinski definition) is 4. The lowest BCUT2D eigenvalue weighted by molar-refractivity contribution is 0.0525. The number of carbonyl (C=O) groups is 1. The van der Waals surface area contributed by atoms with Gasteiger partial charge in [0.05, 0.1) is 12.7 Å². The number of aromatic nitrogens is 2. The Kier molecular flexibility index (Phi) is 5.98. The molecule has 0 spiro atoms. The molecule has 1 amide bonds. The van der Waals surface area contributed by atoms with Crippen molar-refractivity contribution in [3.63, 3.8) is 0 Å². The topological polar surface area (TPSA) is 76.4 Å². The van der Waals surface area contributed by atoms with Gasteiger partial charge in [-0.15, -0.1) is 0 Å². The van der Waals surface area contributed by atoms with E-state index in [4.69, 9.17) is 9.84 Å². The molecule has 1 aromatic heterocycles. The van der Waals surface area contributed by atoms with Crippen LogP contribution in [-0.2, 0) is 17.7 Å². The molecule has 0 bridgehead atoms. The molecule has 0 aliphatic rings. The van der Waals surface area contributed by atoms with Crippen molar-refractivity contribution >= 4 is 6.09 Å². The fraction of sp³-hybridized carbons (Fsp3) is 0.444. The van der Waals surface area contributed by atoms with Crippen LogP contribution in [0, 0.1) is 0 Å². The van der Waals surface area contributed by atoms with Gasteiger partial charge in [0, 0.05) is 24.9 Å². The second-order valence-corrected chi connectivity index (χ2v) is 6.59. The second-order valence-electron chi connectivity index (χ2n) is 6.59. The lowest BCUT2D eigenvalue weighted by Gasteiger charge is -2.19. The van der Waals surface area contributed by atoms with Crippen LogP contribution in [0.25, 0.3) is 11.1 Å². The Hall–Kier alpha value is -2.34. The van der Waals surface area contributed by atoms with E-state index in [0.29, 0.717) is 19.5 Å². The molecule has 2 aromatic rings. The van der Waals surface area contributed by atoms with Gasteiger partial charge >= 0.3 is 6.09 Å². The highest BCUT2D eigenvalue weighted by Crippen LogP contribution is 2.20. The second kappa shape index (κ2) is 7.97. The van der Waals surface area contributed by atoms with Crippen molar-refractivity contribution in [1.82, 2.24) is 15.1 Å². The maximum atomic E-state index is 11.6. The van der Waals surface area contributed by atoms with E-state index in [0.717, 1.165) is 16.7 Å². The third-order valence-electron chi connectivity index (χ3n) is 3.30. The van der Waals surface area contributed by atoms with Crippen LogP contribution in [0.5, 0.6) is 0 Å². The van der Waals surface area contributed by atoms with Gasteiger partial charge in [-0.2, -0.15) is 5.10 Å². The smallest absolute Gasteiger partial charge is 0.407 e. The van der Waals surface area contributed by atoms with E-state index in [1.165, 1.54) is 0 Å². The lowest BCUT2D eigenvalue weighted by atomic mass is 10.0. The van der Waals surface area contributed by atoms with E-state index < -0.39 is 11.7 Å². The van der Waals surface area contributed by atoms with Gasteiger partial charge in [0.1, 0.15) is 5.60 Å². The number of nitrogens with zero attached hydrogens (tertiary/aromatic N) is 2. The Labute approximate surface area is 142 Å². The van der Waals surface area contributed by atoms with Crippen molar-refractivity contribution in [3.05, 3.63) is 42.2 Å². The molecular weight excluding hydrogens is 306 g/mol. The lowest BCUT2D eigenvalue weighted by Crippen LogP contribution is -2.34. The van der Waals surface area contributed by atoms with E-state index >= 15 is 0 Å². The summed E-state index contributed by atoms with van der Waals surface area (Å²) in [5.41, 5.74) is 2.66. The van der Waals surface area contributed by atoms with Crippen molar-refractivity contribution in [3.8, 4) is 11.1 Å². The zero-order valence-electron chi connectivity index (χ0n) is 14.5. The summed E-state index contributed by atoms with van der Waals surface area (Å²) in [4.78, 5) is 11.6. The van der Waals surface area contributed by atoms with Crippen molar-refractivity contribution < 1.29 is 14.6 Å². The molecule has 0 saturated heterocycles. The van der Waals surface area contributed by atoms with Crippen LogP contribution in [0.4, 0.5) is 4.79 Å². The number of hydrogen-bond donors (Lipinski definition) is 2. The molecule has 2 N–H and O–H groups in total. The Morgan fingerprint density at radius 3 is 2.83 bits per heavy atom. The minimum absolute atomic E-state index is 0.138. The average Bonchev–Trinajstić information content (AvgIpc) is 2.95. The summed E-state index contributed by atoms with van der Waals surface area (Å²) in [7, 11) is 0. The van der Waals surface area contributed by atoms with Crippen molar-refractivity contribution in [2.24, 2.45) is 0 Å². The molecule has 24 heavy (non-hydrogen) atoms. The van der Waals surface area contributed by atoms with Gasteiger partial charge in [-0.25, -0.2) is 4.79 Å². The monoisotopic (exact) mass is 331 g/mol. The van der Waals surface area contributed by atoms with E-state index in [2.05, 4.69) is 16.5 Å². The van der Waals surface area contributed by atoms with Crippen LogP contribution in [0.2, 0.25) is 0 Å². The van der Waals surface area contributed by atoms with E-state index in [9.17, 15) is 4.79 Å². The number of ether oxygens (including phenoxy) is 1. The van der Waals surface area contributed by atoms with Gasteiger partial charge in [0.2, 0.25) is 0 Å². The minimum Gasteiger partial charge on any atom is -0.444 e. The van der Waals surface area contributed by atoms with Gasteiger partial charge < -0.3 is 15.2 Å². The summed E-state index contributed by atoms with van der Waals surface area (Å²) >= 11 is 0. The molecule has 0 aliphatic heterocycles. The quantitative estimate of drug-likeness (QED) is 0.853. The first-order valence-electron chi connectivity index (χ1n) is 8.07. The third-order valence-corrected chi connectivity index (χ3v) is 3.30. The average molecular weight is 331 g/mol. The van der Waals surface area contributed by atoms with E-state index in [-0.39, 0.29) is 6.61 Å². The van der Waals surface area contributed by atoms with Crippen LogP contribution in [0.3, 0.4) is 0 Å². The predicted molar refractivity (Wildman–Crippen MR) is 92.7 cm³/mol. The fourth-order valence-corrected chi connectivity index (χ4v) is 2.26. The Morgan fingerprint density at radius 2 is 2.12 bits per heavy atom. The van der Waals surface area contributed by atoms with Crippen LogP contribution >= 0.6 is 0 Å². The number of nitrogens with one attached hydrogen (secondary N) is 1. The van der Waals surface area contributed by atoms with E-state index in [1.54, 1.807) is 10.9 Å². The maximum absolute atomic E-state index is 11.6. The summed E-state index contributed by atoms with van der Waals surface area (Å²) in [6.45, 7) is 6.64. The van der Waals surface area contributed by atoms with Crippen molar-refractivity contribution in [2.45, 2.75) is 39.3 Å². The van der Waals surface area contributed by atoms with Gasteiger partial charge in [-0.3, -0.25) is 4.68 Å². The standard InChI is InChI=1S/C18H25N3O3/c1-18(2,3)24-17(23)19-8-9-21-13-16(12-20-21)15-6-4-5-14(11-15)7-10-22/h4-6,11-13,22H,7-10H2,1-3H3,(H,19,23). The first kappa shape index (κ1) is 18.0. The van der Waals surface area contributed by atoms with Gasteiger partial charge in [0.25, 0.3) is 0 Å². The Balaban J connectivity index is 1.89. The summed E-state index contributed by atoms with van der Waals surface area (Å²) in [5.74, 6) is 0. The normalized spacial score (nSPS) is 11.3. The van der Waals surface area contributed by atoms with Crippen LogP contribution < -0.4 is 5.32 Å². The van der Waals surface area contributed by atoms with Gasteiger partial charge in [-0.1, -0.05) is 24.3 Å². The Morgan fingerprint density at radius 1 is 1.33 bits per heavy atom. The molecule has 1 aromatic carbocycles. The largest absolute Gasteiger partial charge is 0.444 e. The van der Waals surface area contributed by atoms with Crippen molar-refractivity contribution in [2.75, 3.05) is 13.2 Å². The number of amides is 1. The molecule has 0 saturated carbocycles. The fourth-order valence-electron chi connectivity index (χ4n) is 2.26. The molecule has 6 nitrogen and oxygen atoms in total. The number of benzene rings is 1. The number of rotatable bonds is 6. The van der Waals surface area contributed by atoms with Crippen LogP contribution in [0.1, 0.15) is 26.3 Å². The molecule has 1 heterocycles. The van der Waals surface area contributed by atoms with Gasteiger partial charge in [0.15, 0.2) is 0 Å². The molecule has 6 heteroatoms. The highest BCUT2D eigenvalue weighted by molar-refractivity contribution is 5.67. The highest BCUT2D eigenvalue weighted by atomic mass is 16.6. The molecule has 130 valence electrons. The van der Waals surface area contributed by atoms with Crippen LogP contribution in [0.15, 0.2) is 36.7 Å². The number of aliphatic hydroxyl groups excluding tert-OH is 1. The summed E-state index contributed by atoms with van der Waals surface area (Å²) in [6.07, 6.45) is 3.95. The Bertz CT molecular complexity index is 674.